The van der Waals surface area contributed by atoms with E-state index in [1.165, 1.54) is 24.3 Å². The van der Waals surface area contributed by atoms with Crippen LogP contribution in [0.15, 0.2) is 66.9 Å². The van der Waals surface area contributed by atoms with Gasteiger partial charge in [0.1, 0.15) is 35.9 Å². The number of fused-ring (bicyclic) bond motifs is 3. The number of halogens is 1. The van der Waals surface area contributed by atoms with Gasteiger partial charge >= 0.3 is 0 Å². The Bertz CT molecular complexity index is 1760. The lowest BCUT2D eigenvalue weighted by atomic mass is 10.0. The first kappa shape index (κ1) is 30.7. The van der Waals surface area contributed by atoms with Gasteiger partial charge in [-0.15, -0.1) is 0 Å². The van der Waals surface area contributed by atoms with Crippen molar-refractivity contribution < 1.29 is 37.7 Å². The van der Waals surface area contributed by atoms with Crippen LogP contribution in [-0.2, 0) is 14.3 Å². The van der Waals surface area contributed by atoms with Gasteiger partial charge in [0, 0.05) is 43.3 Å². The number of aromatic nitrogens is 1. The van der Waals surface area contributed by atoms with Crippen LogP contribution in [-0.4, -0.2) is 74.4 Å². The van der Waals surface area contributed by atoms with Gasteiger partial charge in [0.05, 0.1) is 30.7 Å². The molecule has 244 valence electrons. The van der Waals surface area contributed by atoms with Gasteiger partial charge in [-0.05, 0) is 73.9 Å². The summed E-state index contributed by atoms with van der Waals surface area (Å²) in [5.74, 6) is 1.48. The zero-order valence-electron chi connectivity index (χ0n) is 25.8. The number of anilines is 2. The largest absolute Gasteiger partial charge is 0.489 e. The molecule has 1 saturated carbocycles. The van der Waals surface area contributed by atoms with E-state index in [1.54, 1.807) is 36.5 Å². The number of pyridine rings is 1. The Morgan fingerprint density at radius 2 is 1.51 bits per heavy atom. The van der Waals surface area contributed by atoms with Crippen molar-refractivity contribution in [3.05, 3.63) is 72.7 Å². The number of hydrogen-bond acceptors (Lipinski definition) is 9. The van der Waals surface area contributed by atoms with Crippen LogP contribution in [0.2, 0.25) is 0 Å². The van der Waals surface area contributed by atoms with Gasteiger partial charge in [0.2, 0.25) is 17.6 Å². The van der Waals surface area contributed by atoms with Crippen LogP contribution >= 0.6 is 0 Å². The predicted molar refractivity (Wildman–Crippen MR) is 172 cm³/mol. The van der Waals surface area contributed by atoms with Gasteiger partial charge in [-0.25, -0.2) is 4.39 Å². The van der Waals surface area contributed by atoms with Crippen molar-refractivity contribution in [3.8, 4) is 28.7 Å². The quantitative estimate of drug-likeness (QED) is 0.164. The molecule has 1 aliphatic carbocycles. The van der Waals surface area contributed by atoms with Crippen LogP contribution in [0.25, 0.3) is 10.9 Å². The first-order valence-electron chi connectivity index (χ1n) is 15.8. The van der Waals surface area contributed by atoms with Crippen LogP contribution < -0.4 is 29.6 Å². The van der Waals surface area contributed by atoms with Crippen molar-refractivity contribution in [3.63, 3.8) is 0 Å². The third kappa shape index (κ3) is 6.79. The van der Waals surface area contributed by atoms with E-state index in [-0.39, 0.29) is 0 Å². The molecule has 12 heteroatoms. The Kier molecular flexibility index (Phi) is 8.77. The minimum Gasteiger partial charge on any atom is -0.489 e. The molecule has 3 aliphatic rings. The van der Waals surface area contributed by atoms with E-state index in [4.69, 9.17) is 23.7 Å². The summed E-state index contributed by atoms with van der Waals surface area (Å²) in [4.78, 5) is 32.9. The standard InChI is InChI=1S/C35H35FN4O7/c36-23-2-4-24(5-3-23)38-33(41)35(11-12-35)34(42)39-25-6-8-26(9-7-25)47-28-10-13-37-27-22-29(31-32(30(27)28)46-21-20-45-31)44-17-1-14-40-15-18-43-19-16-40/h2-10,13,22H,1,11-12,14-21H2,(H,38,41)(H,39,42). The number of carbonyl (C=O) groups is 2. The minimum atomic E-state index is -1.16. The number of benzene rings is 3. The molecule has 3 aromatic carbocycles. The molecule has 4 aromatic rings. The lowest BCUT2D eigenvalue weighted by Crippen LogP contribution is -2.37. The molecule has 3 heterocycles. The molecular weight excluding hydrogens is 607 g/mol. The number of nitrogens with one attached hydrogen (secondary N) is 2. The summed E-state index contributed by atoms with van der Waals surface area (Å²) in [6, 6.07) is 15.9. The van der Waals surface area contributed by atoms with Crippen molar-refractivity contribution in [1.82, 2.24) is 9.88 Å². The summed E-state index contributed by atoms with van der Waals surface area (Å²) in [6.07, 6.45) is 3.39. The van der Waals surface area contributed by atoms with Crippen molar-refractivity contribution in [2.45, 2.75) is 19.3 Å². The van der Waals surface area contributed by atoms with Gasteiger partial charge in [0.15, 0.2) is 11.5 Å². The third-order valence-corrected chi connectivity index (χ3v) is 8.48. The molecule has 11 nitrogen and oxygen atoms in total. The molecule has 2 aliphatic heterocycles. The number of morpholine rings is 1. The summed E-state index contributed by atoms with van der Waals surface area (Å²) >= 11 is 0. The molecule has 0 spiro atoms. The smallest absolute Gasteiger partial charge is 0.240 e. The number of amides is 2. The molecule has 0 atom stereocenters. The molecule has 0 radical (unpaired) electrons. The summed E-state index contributed by atoms with van der Waals surface area (Å²) in [6.45, 7) is 5.65. The van der Waals surface area contributed by atoms with Gasteiger partial charge in [-0.1, -0.05) is 0 Å². The van der Waals surface area contributed by atoms with E-state index >= 15 is 0 Å². The first-order chi connectivity index (χ1) is 23.0. The van der Waals surface area contributed by atoms with E-state index in [0.717, 1.165) is 39.3 Å². The fourth-order valence-corrected chi connectivity index (χ4v) is 5.71. The fraction of sp³-hybridized carbons (Fsp3) is 0.343. The maximum atomic E-state index is 13.2. The monoisotopic (exact) mass is 642 g/mol. The maximum Gasteiger partial charge on any atom is 0.240 e. The normalized spacial score (nSPS) is 16.7. The minimum absolute atomic E-state index is 0.384. The van der Waals surface area contributed by atoms with E-state index in [9.17, 15) is 14.0 Å². The molecule has 2 N–H and O–H groups in total. The molecule has 2 fully saturated rings. The zero-order chi connectivity index (χ0) is 32.2. The Hall–Kier alpha value is -4.94. The fourth-order valence-electron chi connectivity index (χ4n) is 5.71. The Balaban J connectivity index is 1.02. The predicted octanol–water partition coefficient (Wildman–Crippen LogP) is 5.40. The molecule has 2 amide bonds. The number of ether oxygens (including phenoxy) is 5. The van der Waals surface area contributed by atoms with Crippen molar-refractivity contribution in [1.29, 1.82) is 0 Å². The lowest BCUT2D eigenvalue weighted by molar-refractivity contribution is -0.131. The second-order valence-electron chi connectivity index (χ2n) is 11.7. The second kappa shape index (κ2) is 13.4. The van der Waals surface area contributed by atoms with Crippen molar-refractivity contribution in [2.75, 3.05) is 63.3 Å². The van der Waals surface area contributed by atoms with Crippen LogP contribution in [0, 0.1) is 11.2 Å². The molecule has 47 heavy (non-hydrogen) atoms. The third-order valence-electron chi connectivity index (χ3n) is 8.48. The van der Waals surface area contributed by atoms with Crippen LogP contribution in [0.4, 0.5) is 15.8 Å². The zero-order valence-corrected chi connectivity index (χ0v) is 25.8. The van der Waals surface area contributed by atoms with Crippen LogP contribution in [0.5, 0.6) is 28.7 Å². The lowest BCUT2D eigenvalue weighted by Gasteiger charge is -2.26. The van der Waals surface area contributed by atoms with Gasteiger partial charge in [-0.2, -0.15) is 0 Å². The Morgan fingerprint density at radius 3 is 2.19 bits per heavy atom. The first-order valence-corrected chi connectivity index (χ1v) is 15.8. The molecular formula is C35H35FN4O7. The van der Waals surface area contributed by atoms with Gasteiger partial charge < -0.3 is 34.3 Å². The SMILES string of the molecule is O=C(Nc1ccc(F)cc1)C1(C(=O)Nc2ccc(Oc3ccnc4cc(OCCCN5CCOCC5)c5c(c34)OCCO5)cc2)CC1. The topological polar surface area (TPSA) is 120 Å². The second-order valence-corrected chi connectivity index (χ2v) is 11.7. The number of rotatable bonds is 11. The average Bonchev–Trinajstić information content (AvgIpc) is 3.92. The highest BCUT2D eigenvalue weighted by molar-refractivity contribution is 6.16. The Labute approximate surface area is 270 Å². The number of carbonyl (C=O) groups excluding carboxylic acids is 2. The van der Waals surface area contributed by atoms with Crippen LogP contribution in [0.3, 0.4) is 0 Å². The number of hydrogen-bond donors (Lipinski definition) is 2. The van der Waals surface area contributed by atoms with E-state index < -0.39 is 23.0 Å². The Morgan fingerprint density at radius 1 is 0.851 bits per heavy atom. The van der Waals surface area contributed by atoms with Gasteiger partial charge in [0.25, 0.3) is 0 Å². The highest BCUT2D eigenvalue weighted by Crippen LogP contribution is 2.49. The summed E-state index contributed by atoms with van der Waals surface area (Å²) < 4.78 is 43.2. The van der Waals surface area contributed by atoms with Gasteiger partial charge in [-0.3, -0.25) is 19.5 Å². The number of nitrogens with zero attached hydrogens (tertiary/aromatic N) is 2. The molecule has 0 unspecified atom stereocenters. The van der Waals surface area contributed by atoms with Crippen molar-refractivity contribution >= 4 is 34.1 Å². The molecule has 7 rings (SSSR count). The highest BCUT2D eigenvalue weighted by atomic mass is 19.1. The average molecular weight is 643 g/mol. The van der Waals surface area contributed by atoms with E-state index in [0.29, 0.717) is 83.7 Å². The summed E-state index contributed by atoms with van der Waals surface area (Å²) in [7, 11) is 0. The summed E-state index contributed by atoms with van der Waals surface area (Å²) in [5, 5.41) is 6.23. The van der Waals surface area contributed by atoms with Crippen molar-refractivity contribution in [2.24, 2.45) is 5.41 Å². The molecule has 1 saturated heterocycles. The van der Waals surface area contributed by atoms with Crippen LogP contribution in [0.1, 0.15) is 19.3 Å². The van der Waals surface area contributed by atoms with E-state index in [1.807, 2.05) is 6.07 Å². The summed E-state index contributed by atoms with van der Waals surface area (Å²) in [5.41, 5.74) is 0.438. The maximum absolute atomic E-state index is 13.2. The van der Waals surface area contributed by atoms with E-state index in [2.05, 4.69) is 20.5 Å². The highest BCUT2D eigenvalue weighted by Gasteiger charge is 2.56. The molecule has 1 aromatic heterocycles. The molecule has 0 bridgehead atoms.